The van der Waals surface area contributed by atoms with Crippen LogP contribution in [0.1, 0.15) is 70.4 Å². The predicted molar refractivity (Wildman–Crippen MR) is 111 cm³/mol. The van der Waals surface area contributed by atoms with E-state index in [9.17, 15) is 0 Å². The van der Waals surface area contributed by atoms with Gasteiger partial charge in [-0.3, -0.25) is 0 Å². The normalized spacial score (nSPS) is 11.7. The third kappa shape index (κ3) is 7.44. The lowest BCUT2D eigenvalue weighted by Gasteiger charge is -2.18. The van der Waals surface area contributed by atoms with Gasteiger partial charge in [0, 0.05) is 5.54 Å². The summed E-state index contributed by atoms with van der Waals surface area (Å²) in [5.74, 6) is 0. The molecule has 0 bridgehead atoms. The molecular weight excluding hydrogens is 302 g/mol. The van der Waals surface area contributed by atoms with E-state index in [1.165, 1.54) is 60.8 Å². The van der Waals surface area contributed by atoms with Crippen molar-refractivity contribution in [3.8, 4) is 11.1 Å². The summed E-state index contributed by atoms with van der Waals surface area (Å²) in [6.07, 6.45) is 10.00. The summed E-state index contributed by atoms with van der Waals surface area (Å²) in [5.41, 5.74) is 11.4. The molecule has 0 aliphatic carbocycles. The molecule has 2 aromatic rings. The van der Waals surface area contributed by atoms with E-state index in [0.29, 0.717) is 0 Å². The summed E-state index contributed by atoms with van der Waals surface area (Å²) in [6, 6.07) is 18.1. The minimum atomic E-state index is -0.0922. The monoisotopic (exact) mass is 337 g/mol. The van der Waals surface area contributed by atoms with Crippen molar-refractivity contribution in [3.05, 3.63) is 59.7 Å². The summed E-state index contributed by atoms with van der Waals surface area (Å²) in [6.45, 7) is 6.45. The predicted octanol–water partition coefficient (Wildman–Crippen LogP) is 6.54. The van der Waals surface area contributed by atoms with Gasteiger partial charge in [0.25, 0.3) is 0 Å². The molecule has 2 aromatic carbocycles. The molecule has 0 heterocycles. The SMILES string of the molecule is CCCCCCCc1ccc(-c2ccc(CCC(C)(C)N)cc2)cc1. The van der Waals surface area contributed by atoms with Crippen molar-refractivity contribution in [3.63, 3.8) is 0 Å². The van der Waals surface area contributed by atoms with Crippen LogP contribution in [0.5, 0.6) is 0 Å². The van der Waals surface area contributed by atoms with Crippen LogP contribution in [0.25, 0.3) is 11.1 Å². The van der Waals surface area contributed by atoms with E-state index in [1.54, 1.807) is 0 Å². The third-order valence-corrected chi connectivity index (χ3v) is 4.87. The Bertz CT molecular complexity index is 602. The second kappa shape index (κ2) is 9.77. The van der Waals surface area contributed by atoms with Gasteiger partial charge >= 0.3 is 0 Å². The molecule has 0 spiro atoms. The highest BCUT2D eigenvalue weighted by atomic mass is 14.7. The zero-order valence-electron chi connectivity index (χ0n) is 16.4. The molecule has 0 fully saturated rings. The first-order chi connectivity index (χ1) is 12.0. The highest BCUT2D eigenvalue weighted by molar-refractivity contribution is 5.63. The topological polar surface area (TPSA) is 26.0 Å². The molecule has 0 atom stereocenters. The van der Waals surface area contributed by atoms with Gasteiger partial charge in [-0.25, -0.2) is 0 Å². The maximum absolute atomic E-state index is 6.08. The van der Waals surface area contributed by atoms with Gasteiger partial charge < -0.3 is 5.73 Å². The Morgan fingerprint density at radius 2 is 1.16 bits per heavy atom. The van der Waals surface area contributed by atoms with E-state index >= 15 is 0 Å². The molecule has 136 valence electrons. The van der Waals surface area contributed by atoms with E-state index < -0.39 is 0 Å². The molecule has 0 radical (unpaired) electrons. The average Bonchev–Trinajstić information content (AvgIpc) is 2.60. The van der Waals surface area contributed by atoms with Gasteiger partial charge in [0.15, 0.2) is 0 Å². The van der Waals surface area contributed by atoms with Gasteiger partial charge in [-0.1, -0.05) is 81.1 Å². The molecule has 0 aromatic heterocycles. The second-order valence-corrected chi connectivity index (χ2v) is 8.05. The lowest BCUT2D eigenvalue weighted by molar-refractivity contribution is 0.477. The van der Waals surface area contributed by atoms with Crippen LogP contribution in [0.3, 0.4) is 0 Å². The summed E-state index contributed by atoms with van der Waals surface area (Å²) < 4.78 is 0. The van der Waals surface area contributed by atoms with Gasteiger partial charge in [-0.05, 0) is 61.8 Å². The Hall–Kier alpha value is -1.60. The molecular formula is C24H35N. The molecule has 1 heteroatoms. The summed E-state index contributed by atoms with van der Waals surface area (Å²) >= 11 is 0. The fourth-order valence-corrected chi connectivity index (χ4v) is 3.13. The highest BCUT2D eigenvalue weighted by Gasteiger charge is 2.10. The number of benzene rings is 2. The largest absolute Gasteiger partial charge is 0.326 e. The fourth-order valence-electron chi connectivity index (χ4n) is 3.13. The van der Waals surface area contributed by atoms with Crippen molar-refractivity contribution in [2.45, 2.75) is 77.7 Å². The zero-order valence-corrected chi connectivity index (χ0v) is 16.4. The van der Waals surface area contributed by atoms with Crippen LogP contribution in [0.4, 0.5) is 0 Å². The smallest absolute Gasteiger partial charge is 0.0100 e. The van der Waals surface area contributed by atoms with Gasteiger partial charge in [-0.2, -0.15) is 0 Å². The first kappa shape index (κ1) is 19.7. The van der Waals surface area contributed by atoms with Crippen LogP contribution in [-0.4, -0.2) is 5.54 Å². The maximum atomic E-state index is 6.08. The van der Waals surface area contributed by atoms with Crippen LogP contribution in [-0.2, 0) is 12.8 Å². The summed E-state index contributed by atoms with van der Waals surface area (Å²) in [7, 11) is 0. The van der Waals surface area contributed by atoms with Crippen LogP contribution in [0.2, 0.25) is 0 Å². The van der Waals surface area contributed by atoms with Crippen LogP contribution in [0, 0.1) is 0 Å². The van der Waals surface area contributed by atoms with Gasteiger partial charge in [0.1, 0.15) is 0 Å². The van der Waals surface area contributed by atoms with Crippen LogP contribution < -0.4 is 5.73 Å². The van der Waals surface area contributed by atoms with Crippen LogP contribution in [0.15, 0.2) is 48.5 Å². The maximum Gasteiger partial charge on any atom is 0.0100 e. The number of hydrogen-bond donors (Lipinski definition) is 1. The molecule has 1 nitrogen and oxygen atoms in total. The Labute approximate surface area is 154 Å². The molecule has 0 aliphatic heterocycles. The number of rotatable bonds is 10. The van der Waals surface area contributed by atoms with Gasteiger partial charge in [-0.15, -0.1) is 0 Å². The van der Waals surface area contributed by atoms with Gasteiger partial charge in [0.05, 0.1) is 0 Å². The molecule has 25 heavy (non-hydrogen) atoms. The average molecular weight is 338 g/mol. The number of aryl methyl sites for hydroxylation is 2. The standard InChI is InChI=1S/C24H35N/c1-4-5-6-7-8-9-20-10-14-22(15-11-20)23-16-12-21(13-17-23)18-19-24(2,3)25/h10-17H,4-9,18-19,25H2,1-3H3. The number of nitrogens with two attached hydrogens (primary N) is 1. The van der Waals surface area contributed by atoms with Crippen molar-refractivity contribution in [2.75, 3.05) is 0 Å². The summed E-state index contributed by atoms with van der Waals surface area (Å²) in [4.78, 5) is 0. The van der Waals surface area contributed by atoms with Crippen LogP contribution >= 0.6 is 0 Å². The van der Waals surface area contributed by atoms with E-state index in [0.717, 1.165) is 12.8 Å². The van der Waals surface area contributed by atoms with E-state index in [2.05, 4.69) is 69.3 Å². The Morgan fingerprint density at radius 1 is 0.680 bits per heavy atom. The van der Waals surface area contributed by atoms with Crippen molar-refractivity contribution >= 4 is 0 Å². The van der Waals surface area contributed by atoms with E-state index in [4.69, 9.17) is 5.73 Å². The third-order valence-electron chi connectivity index (χ3n) is 4.87. The Morgan fingerprint density at radius 3 is 1.64 bits per heavy atom. The van der Waals surface area contributed by atoms with Crippen molar-refractivity contribution < 1.29 is 0 Å². The lowest BCUT2D eigenvalue weighted by atomic mass is 9.95. The minimum Gasteiger partial charge on any atom is -0.326 e. The van der Waals surface area contributed by atoms with E-state index in [1.807, 2.05) is 0 Å². The molecule has 0 saturated carbocycles. The molecule has 0 amide bonds. The van der Waals surface area contributed by atoms with Gasteiger partial charge in [0.2, 0.25) is 0 Å². The number of hydrogen-bond acceptors (Lipinski definition) is 1. The first-order valence-corrected chi connectivity index (χ1v) is 9.95. The quantitative estimate of drug-likeness (QED) is 0.490. The molecule has 2 N–H and O–H groups in total. The van der Waals surface area contributed by atoms with Crippen molar-refractivity contribution in [1.29, 1.82) is 0 Å². The Kier molecular flexibility index (Phi) is 7.71. The lowest BCUT2D eigenvalue weighted by Crippen LogP contribution is -2.32. The van der Waals surface area contributed by atoms with Crippen molar-refractivity contribution in [2.24, 2.45) is 5.73 Å². The molecule has 2 rings (SSSR count). The molecule has 0 saturated heterocycles. The van der Waals surface area contributed by atoms with Crippen molar-refractivity contribution in [1.82, 2.24) is 0 Å². The second-order valence-electron chi connectivity index (χ2n) is 8.05. The summed E-state index contributed by atoms with van der Waals surface area (Å²) in [5, 5.41) is 0. The first-order valence-electron chi connectivity index (χ1n) is 9.95. The fraction of sp³-hybridized carbons (Fsp3) is 0.500. The molecule has 0 unspecified atom stereocenters. The zero-order chi connectivity index (χ0) is 18.1. The highest BCUT2D eigenvalue weighted by Crippen LogP contribution is 2.22. The molecule has 0 aliphatic rings. The van der Waals surface area contributed by atoms with E-state index in [-0.39, 0.29) is 5.54 Å². The number of unbranched alkanes of at least 4 members (excludes halogenated alkanes) is 4. The Balaban J connectivity index is 1.86. The minimum absolute atomic E-state index is 0.0922.